The highest BCUT2D eigenvalue weighted by Crippen LogP contribution is 2.16. The Labute approximate surface area is 87.1 Å². The summed E-state index contributed by atoms with van der Waals surface area (Å²) in [6.45, 7) is 0. The summed E-state index contributed by atoms with van der Waals surface area (Å²) in [5.41, 5.74) is 0.00144. The monoisotopic (exact) mass is 208 g/mol. The molecule has 0 atom stereocenters. The molecule has 1 aromatic rings. The summed E-state index contributed by atoms with van der Waals surface area (Å²) >= 11 is 0. The summed E-state index contributed by atoms with van der Waals surface area (Å²) in [4.78, 5) is 10.3. The molecule has 0 fully saturated rings. The van der Waals surface area contributed by atoms with Crippen LogP contribution in [0.3, 0.4) is 0 Å². The van der Waals surface area contributed by atoms with Crippen molar-refractivity contribution in [2.75, 3.05) is 0 Å². The van der Waals surface area contributed by atoms with Crippen LogP contribution in [0.4, 0.5) is 8.78 Å². The molecular weight excluding hydrogens is 198 g/mol. The van der Waals surface area contributed by atoms with Crippen LogP contribution in [0.5, 0.6) is 0 Å². The molecule has 0 aliphatic heterocycles. The van der Waals surface area contributed by atoms with Crippen molar-refractivity contribution in [2.24, 2.45) is 0 Å². The fourth-order valence-electron chi connectivity index (χ4n) is 1.30. The normalized spacial score (nSPS) is 9.67. The number of terminal acetylenes is 1. The standard InChI is InChI=1S/C12H10F2O/c1-2-3-4-5-10-11(13)6-9(8-15)7-12(10)14/h1,6-8H,3-5H2. The Morgan fingerprint density at radius 2 is 1.93 bits per heavy atom. The van der Waals surface area contributed by atoms with Crippen LogP contribution < -0.4 is 0 Å². The van der Waals surface area contributed by atoms with Gasteiger partial charge in [-0.2, -0.15) is 0 Å². The topological polar surface area (TPSA) is 17.1 Å². The van der Waals surface area contributed by atoms with E-state index in [9.17, 15) is 13.6 Å². The van der Waals surface area contributed by atoms with Crippen LogP contribution >= 0.6 is 0 Å². The number of halogens is 2. The van der Waals surface area contributed by atoms with Crippen molar-refractivity contribution in [1.29, 1.82) is 0 Å². The van der Waals surface area contributed by atoms with E-state index in [0.29, 0.717) is 19.1 Å². The number of hydrogen-bond acceptors (Lipinski definition) is 1. The molecule has 0 N–H and O–H groups in total. The molecule has 0 aliphatic carbocycles. The maximum atomic E-state index is 13.3. The summed E-state index contributed by atoms with van der Waals surface area (Å²) in [6.07, 6.45) is 6.71. The zero-order valence-corrected chi connectivity index (χ0v) is 8.09. The van der Waals surface area contributed by atoms with Gasteiger partial charge in [0.2, 0.25) is 0 Å². The van der Waals surface area contributed by atoms with Gasteiger partial charge in [-0.1, -0.05) is 0 Å². The minimum absolute atomic E-state index is 0.00384. The van der Waals surface area contributed by atoms with E-state index in [0.717, 1.165) is 12.1 Å². The molecule has 1 nitrogen and oxygen atoms in total. The summed E-state index contributed by atoms with van der Waals surface area (Å²) in [6, 6.07) is 2.06. The number of rotatable bonds is 4. The summed E-state index contributed by atoms with van der Waals surface area (Å²) in [5.74, 6) is 1.03. The second-order valence-electron chi connectivity index (χ2n) is 3.14. The van der Waals surface area contributed by atoms with Gasteiger partial charge in [-0.15, -0.1) is 12.3 Å². The third kappa shape index (κ3) is 2.88. The van der Waals surface area contributed by atoms with Crippen molar-refractivity contribution in [2.45, 2.75) is 19.3 Å². The van der Waals surface area contributed by atoms with Gasteiger partial charge in [0.05, 0.1) is 0 Å². The van der Waals surface area contributed by atoms with Crippen LogP contribution in [-0.2, 0) is 6.42 Å². The minimum Gasteiger partial charge on any atom is -0.298 e. The summed E-state index contributed by atoms with van der Waals surface area (Å²) < 4.78 is 26.5. The van der Waals surface area contributed by atoms with Gasteiger partial charge in [0.15, 0.2) is 0 Å². The molecule has 0 aliphatic rings. The van der Waals surface area contributed by atoms with Crippen LogP contribution in [0.25, 0.3) is 0 Å². The molecule has 78 valence electrons. The molecule has 0 unspecified atom stereocenters. The smallest absolute Gasteiger partial charge is 0.150 e. The van der Waals surface area contributed by atoms with Gasteiger partial charge in [0.25, 0.3) is 0 Å². The SMILES string of the molecule is C#CCCCc1c(F)cc(C=O)cc1F. The molecule has 0 aromatic heterocycles. The van der Waals surface area contributed by atoms with Crippen molar-refractivity contribution in [3.05, 3.63) is 34.9 Å². The molecule has 0 saturated heterocycles. The van der Waals surface area contributed by atoms with Gasteiger partial charge >= 0.3 is 0 Å². The van der Waals surface area contributed by atoms with Gasteiger partial charge in [-0.25, -0.2) is 8.78 Å². The van der Waals surface area contributed by atoms with Crippen molar-refractivity contribution in [1.82, 2.24) is 0 Å². The Morgan fingerprint density at radius 1 is 1.33 bits per heavy atom. The molecular formula is C12H10F2O. The highest BCUT2D eigenvalue weighted by atomic mass is 19.1. The quantitative estimate of drug-likeness (QED) is 0.422. The number of aldehydes is 1. The average molecular weight is 208 g/mol. The van der Waals surface area contributed by atoms with Crippen molar-refractivity contribution >= 4 is 6.29 Å². The molecule has 0 radical (unpaired) electrons. The third-order valence-corrected chi connectivity index (χ3v) is 2.05. The Hall–Kier alpha value is -1.69. The molecule has 15 heavy (non-hydrogen) atoms. The molecule has 0 saturated carbocycles. The molecule has 1 rings (SSSR count). The first kappa shape index (κ1) is 11.4. The Bertz CT molecular complexity index is 382. The van der Waals surface area contributed by atoms with Crippen molar-refractivity contribution < 1.29 is 13.6 Å². The van der Waals surface area contributed by atoms with Gasteiger partial charge < -0.3 is 0 Å². The second kappa shape index (κ2) is 5.26. The van der Waals surface area contributed by atoms with Crippen LogP contribution in [0.2, 0.25) is 0 Å². The average Bonchev–Trinajstić information content (AvgIpc) is 2.22. The zero-order chi connectivity index (χ0) is 11.3. The first-order chi connectivity index (χ1) is 7.19. The van der Waals surface area contributed by atoms with Crippen LogP contribution in [0.1, 0.15) is 28.8 Å². The summed E-state index contributed by atoms with van der Waals surface area (Å²) in [5, 5.41) is 0. The van der Waals surface area contributed by atoms with Gasteiger partial charge in [-0.3, -0.25) is 4.79 Å². The predicted octanol–water partition coefficient (Wildman–Crippen LogP) is 2.73. The summed E-state index contributed by atoms with van der Waals surface area (Å²) in [7, 11) is 0. The van der Waals surface area contributed by atoms with E-state index in [1.54, 1.807) is 0 Å². The fourth-order valence-corrected chi connectivity index (χ4v) is 1.30. The lowest BCUT2D eigenvalue weighted by Crippen LogP contribution is -1.98. The van der Waals surface area contributed by atoms with Crippen LogP contribution in [0.15, 0.2) is 12.1 Å². The predicted molar refractivity (Wildman–Crippen MR) is 53.5 cm³/mol. The number of unbranched alkanes of at least 4 members (excludes halogenated alkanes) is 1. The van der Waals surface area contributed by atoms with E-state index in [1.165, 1.54) is 0 Å². The lowest BCUT2D eigenvalue weighted by Gasteiger charge is -2.04. The minimum atomic E-state index is -0.686. The number of benzene rings is 1. The largest absolute Gasteiger partial charge is 0.298 e. The zero-order valence-electron chi connectivity index (χ0n) is 8.09. The van der Waals surface area contributed by atoms with E-state index >= 15 is 0 Å². The lowest BCUT2D eigenvalue weighted by atomic mass is 10.0. The van der Waals surface area contributed by atoms with Gasteiger partial charge in [0.1, 0.15) is 17.9 Å². The Morgan fingerprint density at radius 3 is 2.40 bits per heavy atom. The van der Waals surface area contributed by atoms with Crippen molar-refractivity contribution in [3.8, 4) is 12.3 Å². The molecule has 0 bridgehead atoms. The number of carbonyl (C=O) groups excluding carboxylic acids is 1. The molecule has 1 aromatic carbocycles. The number of hydrogen-bond donors (Lipinski definition) is 0. The molecule has 3 heteroatoms. The number of carbonyl (C=O) groups is 1. The maximum Gasteiger partial charge on any atom is 0.150 e. The molecule has 0 amide bonds. The third-order valence-electron chi connectivity index (χ3n) is 2.05. The Kier molecular flexibility index (Phi) is 3.99. The van der Waals surface area contributed by atoms with E-state index < -0.39 is 11.6 Å². The molecule has 0 spiro atoms. The van der Waals surface area contributed by atoms with Crippen molar-refractivity contribution in [3.63, 3.8) is 0 Å². The highest BCUT2D eigenvalue weighted by Gasteiger charge is 2.10. The Balaban J connectivity index is 2.89. The first-order valence-electron chi connectivity index (χ1n) is 4.55. The second-order valence-corrected chi connectivity index (χ2v) is 3.14. The van der Waals surface area contributed by atoms with E-state index in [1.807, 2.05) is 0 Å². The van der Waals surface area contributed by atoms with E-state index in [2.05, 4.69) is 5.92 Å². The lowest BCUT2D eigenvalue weighted by molar-refractivity contribution is 0.112. The fraction of sp³-hybridized carbons (Fsp3) is 0.250. The van der Waals surface area contributed by atoms with Gasteiger partial charge in [0, 0.05) is 17.5 Å². The van der Waals surface area contributed by atoms with Crippen LogP contribution in [-0.4, -0.2) is 6.29 Å². The highest BCUT2D eigenvalue weighted by molar-refractivity contribution is 5.74. The van der Waals surface area contributed by atoms with Gasteiger partial charge in [-0.05, 0) is 25.0 Å². The molecule has 0 heterocycles. The van der Waals surface area contributed by atoms with Crippen LogP contribution in [0, 0.1) is 24.0 Å². The first-order valence-corrected chi connectivity index (χ1v) is 4.55. The van der Waals surface area contributed by atoms with E-state index in [-0.39, 0.29) is 17.5 Å². The van der Waals surface area contributed by atoms with E-state index in [4.69, 9.17) is 6.42 Å². The maximum absolute atomic E-state index is 13.3.